The van der Waals surface area contributed by atoms with Gasteiger partial charge in [-0.3, -0.25) is 0 Å². The Morgan fingerprint density at radius 2 is 1.94 bits per heavy atom. The fraction of sp³-hybridized carbons (Fsp3) is 0.524. The van der Waals surface area contributed by atoms with Gasteiger partial charge in [0.05, 0.1) is 17.4 Å². The van der Waals surface area contributed by atoms with Crippen LogP contribution >= 0.6 is 23.7 Å². The SMILES string of the molecule is COC1CCN(SN2CCc3nc(Cl)nc(NCc4cc(N)cc(C(F)(F)F)c4)c3C2)CC1. The summed E-state index contributed by atoms with van der Waals surface area (Å²) in [5.41, 5.74) is 7.15. The molecule has 1 fully saturated rings. The van der Waals surface area contributed by atoms with Crippen LogP contribution in [-0.4, -0.2) is 51.4 Å². The summed E-state index contributed by atoms with van der Waals surface area (Å²) in [6, 6.07) is 3.53. The quantitative estimate of drug-likeness (QED) is 0.342. The first-order valence-corrected chi connectivity index (χ1v) is 11.8. The predicted molar refractivity (Wildman–Crippen MR) is 124 cm³/mol. The highest BCUT2D eigenvalue weighted by atomic mass is 35.5. The van der Waals surface area contributed by atoms with Crippen molar-refractivity contribution in [1.29, 1.82) is 0 Å². The van der Waals surface area contributed by atoms with Crippen LogP contribution in [0, 0.1) is 0 Å². The summed E-state index contributed by atoms with van der Waals surface area (Å²) in [6.07, 6.45) is -1.43. The van der Waals surface area contributed by atoms with E-state index in [0.29, 0.717) is 30.5 Å². The number of anilines is 2. The average molecular weight is 503 g/mol. The number of fused-ring (bicyclic) bond motifs is 1. The van der Waals surface area contributed by atoms with Gasteiger partial charge in [0, 0.05) is 69.6 Å². The van der Waals surface area contributed by atoms with Crippen LogP contribution in [0.1, 0.15) is 35.2 Å². The number of hydrogen-bond acceptors (Lipinski definition) is 8. The molecule has 2 aromatic rings. The van der Waals surface area contributed by atoms with Crippen molar-refractivity contribution in [2.24, 2.45) is 0 Å². The lowest BCUT2D eigenvalue weighted by atomic mass is 10.1. The number of nitrogens with zero attached hydrogens (tertiary/aromatic N) is 4. The zero-order valence-corrected chi connectivity index (χ0v) is 19.7. The Morgan fingerprint density at radius 3 is 2.64 bits per heavy atom. The van der Waals surface area contributed by atoms with E-state index in [0.717, 1.165) is 55.9 Å². The summed E-state index contributed by atoms with van der Waals surface area (Å²) in [7, 11) is 1.75. The van der Waals surface area contributed by atoms with Crippen molar-refractivity contribution in [3.8, 4) is 0 Å². The van der Waals surface area contributed by atoms with Crippen LogP contribution < -0.4 is 11.1 Å². The molecular formula is C21H26ClF3N6OS. The molecule has 0 spiro atoms. The summed E-state index contributed by atoms with van der Waals surface area (Å²) in [6.45, 7) is 3.45. The maximum atomic E-state index is 13.1. The molecule has 33 heavy (non-hydrogen) atoms. The van der Waals surface area contributed by atoms with E-state index in [-0.39, 0.29) is 17.5 Å². The number of piperidine rings is 1. The maximum absolute atomic E-state index is 13.1. The second kappa shape index (κ2) is 10.2. The first-order valence-electron chi connectivity index (χ1n) is 10.7. The molecule has 7 nitrogen and oxygen atoms in total. The Balaban J connectivity index is 1.46. The van der Waals surface area contributed by atoms with Crippen molar-refractivity contribution < 1.29 is 17.9 Å². The third kappa shape index (κ3) is 6.21. The largest absolute Gasteiger partial charge is 0.416 e. The minimum atomic E-state index is -4.46. The Labute approximate surface area is 200 Å². The van der Waals surface area contributed by atoms with Crippen molar-refractivity contribution in [3.05, 3.63) is 45.9 Å². The van der Waals surface area contributed by atoms with Crippen molar-refractivity contribution in [2.45, 2.75) is 44.6 Å². The highest BCUT2D eigenvalue weighted by molar-refractivity contribution is 7.94. The zero-order chi connectivity index (χ0) is 23.6. The lowest BCUT2D eigenvalue weighted by Gasteiger charge is -2.35. The van der Waals surface area contributed by atoms with Gasteiger partial charge in [0.2, 0.25) is 5.28 Å². The minimum absolute atomic E-state index is 0.0594. The van der Waals surface area contributed by atoms with Crippen LogP contribution in [0.5, 0.6) is 0 Å². The van der Waals surface area contributed by atoms with Crippen molar-refractivity contribution in [3.63, 3.8) is 0 Å². The number of halogens is 4. The van der Waals surface area contributed by atoms with Crippen LogP contribution in [0.2, 0.25) is 5.28 Å². The van der Waals surface area contributed by atoms with Gasteiger partial charge in [0.15, 0.2) is 0 Å². The molecule has 0 amide bonds. The first-order chi connectivity index (χ1) is 15.7. The van der Waals surface area contributed by atoms with Crippen LogP contribution in [0.3, 0.4) is 0 Å². The van der Waals surface area contributed by atoms with Crippen molar-refractivity contribution >= 4 is 35.2 Å². The van der Waals surface area contributed by atoms with Gasteiger partial charge in [-0.15, -0.1) is 0 Å². The molecule has 0 radical (unpaired) electrons. The molecule has 1 saturated heterocycles. The molecule has 0 unspecified atom stereocenters. The second-order valence-corrected chi connectivity index (χ2v) is 9.67. The van der Waals surface area contributed by atoms with Crippen LogP contribution in [-0.2, 0) is 30.4 Å². The Kier molecular flexibility index (Phi) is 7.54. The molecule has 0 bridgehead atoms. The number of nitrogens with two attached hydrogens (primary N) is 1. The number of ether oxygens (including phenoxy) is 1. The van der Waals surface area contributed by atoms with E-state index in [9.17, 15) is 13.2 Å². The van der Waals surface area contributed by atoms with Crippen molar-refractivity contribution in [2.75, 3.05) is 37.8 Å². The number of aromatic nitrogens is 2. The Bertz CT molecular complexity index is 987. The van der Waals surface area contributed by atoms with Gasteiger partial charge in [0.1, 0.15) is 5.82 Å². The summed E-state index contributed by atoms with van der Waals surface area (Å²) in [4.78, 5) is 8.69. The van der Waals surface area contributed by atoms with Gasteiger partial charge in [-0.25, -0.2) is 18.6 Å². The second-order valence-electron chi connectivity index (χ2n) is 8.14. The molecule has 2 aliphatic rings. The fourth-order valence-corrected chi connectivity index (χ4v) is 5.30. The molecule has 3 N–H and O–H groups in total. The van der Waals surface area contributed by atoms with Gasteiger partial charge in [0.25, 0.3) is 0 Å². The topological polar surface area (TPSA) is 79.5 Å². The van der Waals surface area contributed by atoms with E-state index >= 15 is 0 Å². The number of methoxy groups -OCH3 is 1. The molecule has 1 aromatic heterocycles. The molecule has 2 aliphatic heterocycles. The molecule has 0 atom stereocenters. The van der Waals surface area contributed by atoms with Crippen molar-refractivity contribution in [1.82, 2.24) is 18.6 Å². The molecule has 3 heterocycles. The molecular weight excluding hydrogens is 477 g/mol. The Hall–Kier alpha value is -1.79. The molecule has 0 aliphatic carbocycles. The third-order valence-corrected chi connectivity index (χ3v) is 7.07. The number of alkyl halides is 3. The third-order valence-electron chi connectivity index (χ3n) is 5.77. The lowest BCUT2D eigenvalue weighted by molar-refractivity contribution is -0.137. The first kappa shape index (κ1) is 24.3. The summed E-state index contributed by atoms with van der Waals surface area (Å²) < 4.78 is 49.4. The Morgan fingerprint density at radius 1 is 1.18 bits per heavy atom. The van der Waals surface area contributed by atoms with E-state index in [1.165, 1.54) is 6.07 Å². The van der Waals surface area contributed by atoms with E-state index in [1.807, 2.05) is 0 Å². The standard InChI is InChI=1S/C21H26ClF3N6OS/c1-32-16-2-5-30(6-3-16)33-31-7-4-18-17(12-31)19(29-20(22)28-18)27-11-13-8-14(21(23,24)25)10-15(26)9-13/h8-10,16H,2-7,11-12,26H2,1H3,(H,27,28,29). The monoisotopic (exact) mass is 502 g/mol. The van der Waals surface area contributed by atoms with E-state index in [4.69, 9.17) is 22.1 Å². The van der Waals surface area contributed by atoms with E-state index in [2.05, 4.69) is 23.9 Å². The van der Waals surface area contributed by atoms with Crippen LogP contribution in [0.15, 0.2) is 18.2 Å². The lowest BCUT2D eigenvalue weighted by Crippen LogP contribution is -2.37. The highest BCUT2D eigenvalue weighted by Crippen LogP contribution is 2.33. The molecule has 12 heteroatoms. The summed E-state index contributed by atoms with van der Waals surface area (Å²) in [5.74, 6) is 0.532. The van der Waals surface area contributed by atoms with Gasteiger partial charge >= 0.3 is 6.18 Å². The highest BCUT2D eigenvalue weighted by Gasteiger charge is 2.31. The molecule has 1 aromatic carbocycles. The number of rotatable bonds is 6. The minimum Gasteiger partial charge on any atom is -0.399 e. The van der Waals surface area contributed by atoms with E-state index in [1.54, 1.807) is 19.2 Å². The smallest absolute Gasteiger partial charge is 0.399 e. The molecule has 180 valence electrons. The van der Waals surface area contributed by atoms with Gasteiger partial charge in [-0.1, -0.05) is 0 Å². The molecule has 0 saturated carbocycles. The van der Waals surface area contributed by atoms with E-state index < -0.39 is 11.7 Å². The van der Waals surface area contributed by atoms with Gasteiger partial charge < -0.3 is 15.8 Å². The average Bonchev–Trinajstić information content (AvgIpc) is 2.77. The van der Waals surface area contributed by atoms with Crippen LogP contribution in [0.4, 0.5) is 24.7 Å². The molecule has 4 rings (SSSR count). The van der Waals surface area contributed by atoms with Crippen LogP contribution in [0.25, 0.3) is 0 Å². The summed E-state index contributed by atoms with van der Waals surface area (Å²) >= 11 is 7.83. The maximum Gasteiger partial charge on any atom is 0.416 e. The number of nitrogens with one attached hydrogen (secondary N) is 1. The predicted octanol–water partition coefficient (Wildman–Crippen LogP) is 4.38. The fourth-order valence-electron chi connectivity index (χ4n) is 4.06. The van der Waals surface area contributed by atoms with Gasteiger partial charge in [-0.05, 0) is 48.2 Å². The normalized spacial score (nSPS) is 18.3. The summed E-state index contributed by atoms with van der Waals surface area (Å²) in [5, 5.41) is 3.26. The van der Waals surface area contributed by atoms with Gasteiger partial charge in [-0.2, -0.15) is 13.2 Å². The number of nitrogen functional groups attached to an aromatic ring is 1. The number of benzene rings is 1. The number of hydrogen-bond donors (Lipinski definition) is 2. The zero-order valence-electron chi connectivity index (χ0n) is 18.2.